The Kier molecular flexibility index (Phi) is 2.97. The van der Waals surface area contributed by atoms with Crippen LogP contribution in [0.5, 0.6) is 11.5 Å². The highest BCUT2D eigenvalue weighted by atomic mass is 19.1. The molecule has 2 aromatic carbocycles. The molecule has 0 atom stereocenters. The molecule has 3 rings (SSSR count). The summed E-state index contributed by atoms with van der Waals surface area (Å²) in [6, 6.07) is 9.48. The maximum atomic E-state index is 13.1. The van der Waals surface area contributed by atoms with Crippen molar-refractivity contribution in [3.05, 3.63) is 58.9 Å². The lowest BCUT2D eigenvalue weighted by molar-refractivity contribution is 0.115. The molecule has 1 aliphatic heterocycles. The van der Waals surface area contributed by atoms with Gasteiger partial charge in [-0.25, -0.2) is 9.38 Å². The number of benzene rings is 2. The monoisotopic (exact) mass is 285 g/mol. The maximum Gasteiger partial charge on any atom is 0.195 e. The Labute approximate surface area is 122 Å². The van der Waals surface area contributed by atoms with Crippen molar-refractivity contribution in [3.8, 4) is 11.5 Å². The van der Waals surface area contributed by atoms with E-state index in [1.165, 1.54) is 12.1 Å². The molecule has 2 aromatic rings. The molecule has 0 bridgehead atoms. The quantitative estimate of drug-likeness (QED) is 0.865. The zero-order valence-electron chi connectivity index (χ0n) is 12.1. The van der Waals surface area contributed by atoms with Gasteiger partial charge < -0.3 is 9.84 Å². The molecular formula is C17H16FNO2. The minimum atomic E-state index is -0.739. The zero-order chi connectivity index (χ0) is 15.2. The van der Waals surface area contributed by atoms with E-state index in [1.807, 2.05) is 20.8 Å². The van der Waals surface area contributed by atoms with Crippen molar-refractivity contribution in [1.29, 1.82) is 0 Å². The Morgan fingerprint density at radius 1 is 1.14 bits per heavy atom. The topological polar surface area (TPSA) is 41.8 Å². The first kappa shape index (κ1) is 13.6. The van der Waals surface area contributed by atoms with E-state index in [-0.39, 0.29) is 11.6 Å². The first-order chi connectivity index (χ1) is 9.85. The third-order valence-corrected chi connectivity index (χ3v) is 3.38. The molecule has 0 aliphatic carbocycles. The Morgan fingerprint density at radius 2 is 1.81 bits per heavy atom. The molecule has 108 valence electrons. The number of fused-ring (bicyclic) bond motifs is 1. The predicted molar refractivity (Wildman–Crippen MR) is 79.6 cm³/mol. The number of hydrogen-bond acceptors (Lipinski definition) is 3. The van der Waals surface area contributed by atoms with E-state index in [2.05, 4.69) is 4.99 Å². The zero-order valence-corrected chi connectivity index (χ0v) is 12.1. The van der Waals surface area contributed by atoms with E-state index < -0.39 is 5.72 Å². The number of hydrogen-bond donors (Lipinski definition) is 1. The van der Waals surface area contributed by atoms with Gasteiger partial charge in [0.15, 0.2) is 5.72 Å². The molecule has 0 spiro atoms. The molecule has 1 aliphatic rings. The molecule has 1 heterocycles. The van der Waals surface area contributed by atoms with Gasteiger partial charge >= 0.3 is 0 Å². The number of nitrogens with zero attached hydrogens (tertiary/aromatic N) is 1. The molecular weight excluding hydrogens is 269 g/mol. The summed E-state index contributed by atoms with van der Waals surface area (Å²) >= 11 is 0. The van der Waals surface area contributed by atoms with E-state index in [4.69, 9.17) is 4.74 Å². The lowest BCUT2D eigenvalue weighted by Crippen LogP contribution is -2.32. The van der Waals surface area contributed by atoms with Crippen molar-refractivity contribution in [1.82, 2.24) is 0 Å². The summed E-state index contributed by atoms with van der Waals surface area (Å²) in [5.41, 5.74) is 2.53. The number of aromatic hydroxyl groups is 1. The van der Waals surface area contributed by atoms with E-state index >= 15 is 0 Å². The van der Waals surface area contributed by atoms with Crippen molar-refractivity contribution in [2.45, 2.75) is 26.5 Å². The Balaban J connectivity index is 2.24. The Bertz CT molecular complexity index is 733. The summed E-state index contributed by atoms with van der Waals surface area (Å²) in [5.74, 6) is 0.461. The highest BCUT2D eigenvalue weighted by Crippen LogP contribution is 2.37. The van der Waals surface area contributed by atoms with Crippen LogP contribution in [0, 0.1) is 12.7 Å². The normalized spacial score (nSPS) is 15.9. The fourth-order valence-corrected chi connectivity index (χ4v) is 2.55. The minimum absolute atomic E-state index is 0.155. The molecule has 0 unspecified atom stereocenters. The van der Waals surface area contributed by atoms with Gasteiger partial charge in [-0.3, -0.25) is 0 Å². The lowest BCUT2D eigenvalue weighted by atomic mass is 9.95. The van der Waals surface area contributed by atoms with Gasteiger partial charge in [-0.1, -0.05) is 0 Å². The van der Waals surface area contributed by atoms with Gasteiger partial charge in [0, 0.05) is 17.2 Å². The first-order valence-electron chi connectivity index (χ1n) is 6.74. The van der Waals surface area contributed by atoms with Crippen molar-refractivity contribution >= 4 is 5.71 Å². The average molecular weight is 285 g/mol. The highest BCUT2D eigenvalue weighted by molar-refractivity contribution is 6.16. The molecule has 3 nitrogen and oxygen atoms in total. The maximum absolute atomic E-state index is 13.1. The van der Waals surface area contributed by atoms with Crippen LogP contribution in [-0.4, -0.2) is 16.5 Å². The van der Waals surface area contributed by atoms with Gasteiger partial charge in [0.2, 0.25) is 0 Å². The van der Waals surface area contributed by atoms with Crippen LogP contribution in [0.4, 0.5) is 4.39 Å². The molecule has 21 heavy (non-hydrogen) atoms. The highest BCUT2D eigenvalue weighted by Gasteiger charge is 2.30. The van der Waals surface area contributed by atoms with E-state index in [0.717, 1.165) is 22.4 Å². The van der Waals surface area contributed by atoms with Crippen LogP contribution in [0.3, 0.4) is 0 Å². The van der Waals surface area contributed by atoms with Crippen molar-refractivity contribution in [2.75, 3.05) is 0 Å². The molecule has 4 heteroatoms. The molecule has 0 saturated carbocycles. The number of halogens is 1. The number of phenols is 1. The molecule has 0 amide bonds. The summed E-state index contributed by atoms with van der Waals surface area (Å²) in [7, 11) is 0. The van der Waals surface area contributed by atoms with Gasteiger partial charge in [0.1, 0.15) is 17.3 Å². The van der Waals surface area contributed by atoms with Crippen LogP contribution >= 0.6 is 0 Å². The Hall–Kier alpha value is -2.36. The van der Waals surface area contributed by atoms with Gasteiger partial charge in [-0.15, -0.1) is 0 Å². The van der Waals surface area contributed by atoms with Gasteiger partial charge in [-0.2, -0.15) is 0 Å². The summed E-state index contributed by atoms with van der Waals surface area (Å²) in [4.78, 5) is 4.64. The summed E-state index contributed by atoms with van der Waals surface area (Å²) in [6.45, 7) is 5.58. The van der Waals surface area contributed by atoms with Crippen LogP contribution in [0.15, 0.2) is 41.4 Å². The van der Waals surface area contributed by atoms with Crippen molar-refractivity contribution in [2.24, 2.45) is 4.99 Å². The van der Waals surface area contributed by atoms with Crippen LogP contribution in [0.25, 0.3) is 0 Å². The number of phenolic OH excluding ortho intramolecular Hbond substituents is 1. The summed E-state index contributed by atoms with van der Waals surface area (Å²) in [6.07, 6.45) is 0. The van der Waals surface area contributed by atoms with E-state index in [0.29, 0.717) is 5.75 Å². The molecule has 0 aromatic heterocycles. The molecule has 0 saturated heterocycles. The van der Waals surface area contributed by atoms with Gasteiger partial charge in [-0.05, 0) is 56.7 Å². The number of rotatable bonds is 1. The van der Waals surface area contributed by atoms with E-state index in [9.17, 15) is 9.50 Å². The Morgan fingerprint density at radius 3 is 2.48 bits per heavy atom. The SMILES string of the molecule is Cc1cc(O)cc2c1C(c1ccc(F)cc1)=NC(C)(C)O2. The number of aliphatic imine (C=N–C) groups is 1. The second-order valence-corrected chi connectivity index (χ2v) is 5.65. The molecule has 0 fully saturated rings. The third kappa shape index (κ3) is 2.49. The van der Waals surface area contributed by atoms with Crippen molar-refractivity contribution in [3.63, 3.8) is 0 Å². The van der Waals surface area contributed by atoms with E-state index in [1.54, 1.807) is 24.3 Å². The molecule has 0 radical (unpaired) electrons. The minimum Gasteiger partial charge on any atom is -0.508 e. The predicted octanol–water partition coefficient (Wildman–Crippen LogP) is 3.81. The molecule has 1 N–H and O–H groups in total. The fraction of sp³-hybridized carbons (Fsp3) is 0.235. The number of ether oxygens (including phenoxy) is 1. The van der Waals surface area contributed by atoms with Crippen LogP contribution < -0.4 is 4.74 Å². The summed E-state index contributed by atoms with van der Waals surface area (Å²) in [5, 5.41) is 9.76. The standard InChI is InChI=1S/C17H16FNO2/c1-10-8-13(20)9-14-15(10)16(19-17(2,3)21-14)11-4-6-12(18)7-5-11/h4-9,20H,1-3H3. The first-order valence-corrected chi connectivity index (χ1v) is 6.74. The second-order valence-electron chi connectivity index (χ2n) is 5.65. The van der Waals surface area contributed by atoms with Crippen LogP contribution in [0.1, 0.15) is 30.5 Å². The lowest BCUT2D eigenvalue weighted by Gasteiger charge is -2.31. The number of aryl methyl sites for hydroxylation is 1. The second kappa shape index (κ2) is 4.58. The summed E-state index contributed by atoms with van der Waals surface area (Å²) < 4.78 is 19.0. The van der Waals surface area contributed by atoms with Crippen LogP contribution in [-0.2, 0) is 0 Å². The smallest absolute Gasteiger partial charge is 0.195 e. The van der Waals surface area contributed by atoms with Gasteiger partial charge in [0.05, 0.1) is 5.71 Å². The average Bonchev–Trinajstić information content (AvgIpc) is 2.36. The van der Waals surface area contributed by atoms with Gasteiger partial charge in [0.25, 0.3) is 0 Å². The largest absolute Gasteiger partial charge is 0.508 e. The van der Waals surface area contributed by atoms with Crippen LogP contribution in [0.2, 0.25) is 0 Å². The fourth-order valence-electron chi connectivity index (χ4n) is 2.55. The van der Waals surface area contributed by atoms with Crippen molar-refractivity contribution < 1.29 is 14.2 Å². The third-order valence-electron chi connectivity index (χ3n) is 3.38.